The number of rotatable bonds is 6. The van der Waals surface area contributed by atoms with Crippen LogP contribution < -0.4 is 10.6 Å². The standard InChI is InChI=1S/C12H20N4O2/c1-8(2)9(3)7-14-12-10(16(17)18)5-6-11(13-4)15-12/h5-6,8-9H,7H2,1-4H3,(H2,13,14,15). The number of nitrogens with zero attached hydrogens (tertiary/aromatic N) is 2. The summed E-state index contributed by atoms with van der Waals surface area (Å²) in [4.78, 5) is 14.7. The van der Waals surface area contributed by atoms with Gasteiger partial charge in [-0.25, -0.2) is 4.98 Å². The second-order valence-corrected chi connectivity index (χ2v) is 4.67. The first-order valence-corrected chi connectivity index (χ1v) is 6.02. The number of hydrogen-bond donors (Lipinski definition) is 2. The lowest BCUT2D eigenvalue weighted by Crippen LogP contribution is -2.17. The topological polar surface area (TPSA) is 80.1 Å². The van der Waals surface area contributed by atoms with Crippen LogP contribution in [-0.2, 0) is 0 Å². The minimum Gasteiger partial charge on any atom is -0.373 e. The van der Waals surface area contributed by atoms with Gasteiger partial charge in [-0.2, -0.15) is 0 Å². The Bertz CT molecular complexity index is 421. The highest BCUT2D eigenvalue weighted by Gasteiger charge is 2.17. The Morgan fingerprint density at radius 3 is 2.56 bits per heavy atom. The summed E-state index contributed by atoms with van der Waals surface area (Å²) >= 11 is 0. The van der Waals surface area contributed by atoms with Gasteiger partial charge in [0.2, 0.25) is 5.82 Å². The number of hydrogen-bond acceptors (Lipinski definition) is 5. The van der Waals surface area contributed by atoms with Crippen molar-refractivity contribution in [2.45, 2.75) is 20.8 Å². The third-order valence-corrected chi connectivity index (χ3v) is 3.06. The molecule has 0 aliphatic rings. The van der Waals surface area contributed by atoms with Crippen molar-refractivity contribution in [1.29, 1.82) is 0 Å². The molecule has 0 amide bonds. The SMILES string of the molecule is CNc1ccc([N+](=O)[O-])c(NCC(C)C(C)C)n1. The summed E-state index contributed by atoms with van der Waals surface area (Å²) in [5, 5.41) is 16.8. The summed E-state index contributed by atoms with van der Waals surface area (Å²) in [6, 6.07) is 3.05. The molecule has 0 fully saturated rings. The first-order chi connectivity index (χ1) is 8.45. The third-order valence-electron chi connectivity index (χ3n) is 3.06. The molecule has 0 aliphatic heterocycles. The summed E-state index contributed by atoms with van der Waals surface area (Å²) in [5.74, 6) is 1.87. The lowest BCUT2D eigenvalue weighted by atomic mass is 9.98. The van der Waals surface area contributed by atoms with Gasteiger partial charge in [0.15, 0.2) is 0 Å². The monoisotopic (exact) mass is 252 g/mol. The average molecular weight is 252 g/mol. The predicted octanol–water partition coefficient (Wildman–Crippen LogP) is 2.74. The second kappa shape index (κ2) is 6.18. The normalized spacial score (nSPS) is 12.3. The quantitative estimate of drug-likeness (QED) is 0.601. The van der Waals surface area contributed by atoms with Gasteiger partial charge in [0, 0.05) is 19.7 Å². The van der Waals surface area contributed by atoms with Gasteiger partial charge in [0.1, 0.15) is 5.82 Å². The molecule has 2 N–H and O–H groups in total. The zero-order chi connectivity index (χ0) is 13.7. The van der Waals surface area contributed by atoms with Gasteiger partial charge in [-0.15, -0.1) is 0 Å². The highest BCUT2D eigenvalue weighted by Crippen LogP contribution is 2.24. The van der Waals surface area contributed by atoms with E-state index in [-0.39, 0.29) is 5.69 Å². The van der Waals surface area contributed by atoms with Gasteiger partial charge in [0.25, 0.3) is 0 Å². The maximum Gasteiger partial charge on any atom is 0.311 e. The summed E-state index contributed by atoms with van der Waals surface area (Å²) in [6.45, 7) is 7.01. The first kappa shape index (κ1) is 14.2. The van der Waals surface area contributed by atoms with Crippen molar-refractivity contribution in [2.24, 2.45) is 11.8 Å². The van der Waals surface area contributed by atoms with Gasteiger partial charge in [0.05, 0.1) is 4.92 Å². The van der Waals surface area contributed by atoms with Gasteiger partial charge in [-0.3, -0.25) is 10.1 Å². The Balaban J connectivity index is 2.87. The molecular weight excluding hydrogens is 232 g/mol. The van der Waals surface area contributed by atoms with Crippen molar-refractivity contribution in [3.8, 4) is 0 Å². The molecule has 0 aromatic carbocycles. The van der Waals surface area contributed by atoms with Crippen LogP contribution in [0.3, 0.4) is 0 Å². The molecule has 1 unspecified atom stereocenters. The van der Waals surface area contributed by atoms with Crippen LogP contribution in [0.2, 0.25) is 0 Å². The molecule has 6 heteroatoms. The van der Waals surface area contributed by atoms with E-state index in [4.69, 9.17) is 0 Å². The molecule has 1 atom stereocenters. The van der Waals surface area contributed by atoms with Crippen LogP contribution in [0.25, 0.3) is 0 Å². The van der Waals surface area contributed by atoms with Crippen LogP contribution in [-0.4, -0.2) is 23.5 Å². The van der Waals surface area contributed by atoms with E-state index >= 15 is 0 Å². The van der Waals surface area contributed by atoms with E-state index in [0.717, 1.165) is 0 Å². The van der Waals surface area contributed by atoms with Crippen LogP contribution in [0.15, 0.2) is 12.1 Å². The van der Waals surface area contributed by atoms with Crippen LogP contribution >= 0.6 is 0 Å². The molecule has 0 saturated heterocycles. The fourth-order valence-electron chi connectivity index (χ4n) is 1.36. The van der Waals surface area contributed by atoms with Crippen LogP contribution in [0, 0.1) is 22.0 Å². The maximum absolute atomic E-state index is 10.9. The molecule has 0 spiro atoms. The van der Waals surface area contributed by atoms with Crippen molar-refractivity contribution in [2.75, 3.05) is 24.2 Å². The molecule has 0 bridgehead atoms. The lowest BCUT2D eigenvalue weighted by molar-refractivity contribution is -0.384. The average Bonchev–Trinajstić information content (AvgIpc) is 2.34. The fraction of sp³-hybridized carbons (Fsp3) is 0.583. The molecule has 1 rings (SSSR count). The molecule has 6 nitrogen and oxygen atoms in total. The summed E-state index contributed by atoms with van der Waals surface area (Å²) in [5.41, 5.74) is 0.00459. The highest BCUT2D eigenvalue weighted by molar-refractivity contribution is 5.60. The van der Waals surface area contributed by atoms with Gasteiger partial charge >= 0.3 is 5.69 Å². The highest BCUT2D eigenvalue weighted by atomic mass is 16.6. The Kier molecular flexibility index (Phi) is 4.88. The Morgan fingerprint density at radius 1 is 1.39 bits per heavy atom. The van der Waals surface area contributed by atoms with Crippen molar-refractivity contribution >= 4 is 17.3 Å². The molecule has 0 saturated carbocycles. The summed E-state index contributed by atoms with van der Waals surface area (Å²) in [6.07, 6.45) is 0. The lowest BCUT2D eigenvalue weighted by Gasteiger charge is -2.16. The maximum atomic E-state index is 10.9. The largest absolute Gasteiger partial charge is 0.373 e. The van der Waals surface area contributed by atoms with E-state index in [2.05, 4.69) is 36.4 Å². The van der Waals surface area contributed by atoms with E-state index in [0.29, 0.717) is 30.0 Å². The number of aromatic nitrogens is 1. The number of anilines is 2. The molecule has 0 aliphatic carbocycles. The van der Waals surface area contributed by atoms with E-state index in [9.17, 15) is 10.1 Å². The second-order valence-electron chi connectivity index (χ2n) is 4.67. The smallest absolute Gasteiger partial charge is 0.311 e. The molecule has 0 radical (unpaired) electrons. The van der Waals surface area contributed by atoms with E-state index in [1.165, 1.54) is 6.07 Å². The van der Waals surface area contributed by atoms with E-state index < -0.39 is 4.92 Å². The van der Waals surface area contributed by atoms with Crippen molar-refractivity contribution in [3.63, 3.8) is 0 Å². The van der Waals surface area contributed by atoms with Crippen molar-refractivity contribution in [1.82, 2.24) is 4.98 Å². The molecule has 1 aromatic rings. The molecule has 1 aromatic heterocycles. The number of nitrogens with one attached hydrogen (secondary N) is 2. The van der Waals surface area contributed by atoms with E-state index in [1.807, 2.05) is 0 Å². The Labute approximate surface area is 107 Å². The van der Waals surface area contributed by atoms with Gasteiger partial charge in [-0.1, -0.05) is 20.8 Å². The molecular formula is C12H20N4O2. The minimum absolute atomic E-state index is 0.00459. The molecule has 1 heterocycles. The van der Waals surface area contributed by atoms with Crippen LogP contribution in [0.1, 0.15) is 20.8 Å². The number of pyridine rings is 1. The van der Waals surface area contributed by atoms with Gasteiger partial charge in [-0.05, 0) is 17.9 Å². The minimum atomic E-state index is -0.422. The van der Waals surface area contributed by atoms with E-state index in [1.54, 1.807) is 13.1 Å². The zero-order valence-electron chi connectivity index (χ0n) is 11.2. The molecule has 100 valence electrons. The Hall–Kier alpha value is -1.85. The predicted molar refractivity (Wildman–Crippen MR) is 72.9 cm³/mol. The zero-order valence-corrected chi connectivity index (χ0v) is 11.2. The van der Waals surface area contributed by atoms with Gasteiger partial charge < -0.3 is 10.6 Å². The van der Waals surface area contributed by atoms with Crippen molar-refractivity contribution in [3.05, 3.63) is 22.2 Å². The first-order valence-electron chi connectivity index (χ1n) is 6.02. The Morgan fingerprint density at radius 2 is 2.06 bits per heavy atom. The number of nitro groups is 1. The third kappa shape index (κ3) is 3.58. The van der Waals surface area contributed by atoms with Crippen LogP contribution in [0.4, 0.5) is 17.3 Å². The summed E-state index contributed by atoms with van der Waals surface area (Å²) < 4.78 is 0. The fourth-order valence-corrected chi connectivity index (χ4v) is 1.36. The van der Waals surface area contributed by atoms with Crippen LogP contribution in [0.5, 0.6) is 0 Å². The molecule has 18 heavy (non-hydrogen) atoms. The van der Waals surface area contributed by atoms with Crippen molar-refractivity contribution < 1.29 is 4.92 Å². The summed E-state index contributed by atoms with van der Waals surface area (Å²) in [7, 11) is 1.73.